The molecule has 1 aliphatic carbocycles. The summed E-state index contributed by atoms with van der Waals surface area (Å²) in [6.45, 7) is 0.978. The summed E-state index contributed by atoms with van der Waals surface area (Å²) in [6.07, 6.45) is 3.70. The number of hydrazine groups is 1. The Kier molecular flexibility index (Phi) is 5.52. The molecule has 0 atom stereocenters. The standard InChI is InChI=1S/C22H21N5O6S/c1-12-17-13(10-14(15-6-5-9-34-15)23-18(17)33-26-12)19(29)32-11-16(28)25-27-20(30)22(24-21(27)31)7-3-2-4-8-22/h5-6,9-10H,2-4,7-8,11H2,1H3,(H,24,31)(H,25,28). The van der Waals surface area contributed by atoms with Gasteiger partial charge in [-0.2, -0.15) is 5.01 Å². The summed E-state index contributed by atoms with van der Waals surface area (Å²) in [5, 5.41) is 9.51. The lowest BCUT2D eigenvalue weighted by atomic mass is 9.82. The van der Waals surface area contributed by atoms with Gasteiger partial charge in [0.2, 0.25) is 0 Å². The molecular weight excluding hydrogens is 462 g/mol. The van der Waals surface area contributed by atoms with Crippen molar-refractivity contribution in [2.75, 3.05) is 6.61 Å². The lowest BCUT2D eigenvalue weighted by Gasteiger charge is -2.30. The highest BCUT2D eigenvalue weighted by molar-refractivity contribution is 7.13. The summed E-state index contributed by atoms with van der Waals surface area (Å²) < 4.78 is 10.4. The number of aryl methyl sites for hydroxylation is 1. The molecule has 4 heterocycles. The van der Waals surface area contributed by atoms with Crippen molar-refractivity contribution < 1.29 is 28.4 Å². The summed E-state index contributed by atoms with van der Waals surface area (Å²) >= 11 is 1.44. The van der Waals surface area contributed by atoms with Crippen LogP contribution in [0.15, 0.2) is 28.1 Å². The molecule has 12 heteroatoms. The average Bonchev–Trinajstić information content (AvgIpc) is 3.55. The average molecular weight is 484 g/mol. The summed E-state index contributed by atoms with van der Waals surface area (Å²) in [4.78, 5) is 55.6. The van der Waals surface area contributed by atoms with Gasteiger partial charge in [-0.15, -0.1) is 11.3 Å². The van der Waals surface area contributed by atoms with E-state index in [1.54, 1.807) is 13.0 Å². The summed E-state index contributed by atoms with van der Waals surface area (Å²) in [6, 6.07) is 4.57. The first-order valence-corrected chi connectivity index (χ1v) is 11.7. The van der Waals surface area contributed by atoms with Crippen LogP contribution in [0.2, 0.25) is 0 Å². The molecule has 4 amide bonds. The number of hydrogen-bond donors (Lipinski definition) is 2. The molecule has 0 radical (unpaired) electrons. The number of aromatic nitrogens is 2. The van der Waals surface area contributed by atoms with Crippen LogP contribution in [0.1, 0.15) is 48.2 Å². The number of thiophene rings is 1. The van der Waals surface area contributed by atoms with Gasteiger partial charge in [-0.1, -0.05) is 30.5 Å². The molecule has 0 unspecified atom stereocenters. The molecule has 1 spiro atoms. The van der Waals surface area contributed by atoms with Crippen LogP contribution in [0.5, 0.6) is 0 Å². The van der Waals surface area contributed by atoms with Gasteiger partial charge in [0.25, 0.3) is 17.5 Å². The predicted octanol–water partition coefficient (Wildman–Crippen LogP) is 2.70. The molecular formula is C22H21N5O6S. The van der Waals surface area contributed by atoms with Gasteiger partial charge >= 0.3 is 12.0 Å². The smallest absolute Gasteiger partial charge is 0.344 e. The number of carbonyl (C=O) groups is 4. The van der Waals surface area contributed by atoms with Crippen LogP contribution in [0, 0.1) is 6.92 Å². The molecule has 34 heavy (non-hydrogen) atoms. The summed E-state index contributed by atoms with van der Waals surface area (Å²) in [5.41, 5.74) is 2.57. The Morgan fingerprint density at radius 3 is 2.82 bits per heavy atom. The van der Waals surface area contributed by atoms with Crippen molar-refractivity contribution in [3.05, 3.63) is 34.8 Å². The number of amides is 4. The van der Waals surface area contributed by atoms with Crippen LogP contribution in [0.4, 0.5) is 4.79 Å². The number of carbonyl (C=O) groups excluding carboxylic acids is 4. The molecule has 2 aliphatic rings. The van der Waals surface area contributed by atoms with Crippen molar-refractivity contribution in [3.63, 3.8) is 0 Å². The molecule has 0 aromatic carbocycles. The maximum Gasteiger partial charge on any atom is 0.344 e. The highest BCUT2D eigenvalue weighted by atomic mass is 32.1. The second-order valence-electron chi connectivity index (χ2n) is 8.31. The first-order valence-electron chi connectivity index (χ1n) is 10.8. The molecule has 1 saturated heterocycles. The van der Waals surface area contributed by atoms with Crippen molar-refractivity contribution in [2.24, 2.45) is 0 Å². The van der Waals surface area contributed by atoms with Crippen molar-refractivity contribution in [2.45, 2.75) is 44.6 Å². The zero-order valence-corrected chi connectivity index (χ0v) is 19.1. The van der Waals surface area contributed by atoms with Crippen molar-refractivity contribution in [3.8, 4) is 10.6 Å². The number of fused-ring (bicyclic) bond motifs is 1. The van der Waals surface area contributed by atoms with Gasteiger partial charge in [-0.25, -0.2) is 14.6 Å². The largest absolute Gasteiger partial charge is 0.452 e. The Morgan fingerprint density at radius 2 is 2.09 bits per heavy atom. The minimum atomic E-state index is -0.966. The zero-order chi connectivity index (χ0) is 23.9. The van der Waals surface area contributed by atoms with Crippen LogP contribution >= 0.6 is 11.3 Å². The number of esters is 1. The quantitative estimate of drug-likeness (QED) is 0.416. The fraction of sp³-hybridized carbons (Fsp3) is 0.364. The van der Waals surface area contributed by atoms with Crippen LogP contribution in [-0.4, -0.2) is 51.1 Å². The number of nitrogens with one attached hydrogen (secondary N) is 2. The Labute approximate surface area is 197 Å². The van der Waals surface area contributed by atoms with Gasteiger partial charge in [0, 0.05) is 0 Å². The summed E-state index contributed by atoms with van der Waals surface area (Å²) in [7, 11) is 0. The van der Waals surface area contributed by atoms with E-state index in [9.17, 15) is 19.2 Å². The SMILES string of the molecule is Cc1noc2nc(-c3cccs3)cc(C(=O)OCC(=O)NN3C(=O)NC4(CCCCC4)C3=O)c12. The number of imide groups is 1. The van der Waals surface area contributed by atoms with E-state index >= 15 is 0 Å². The molecule has 2 fully saturated rings. The maximum atomic E-state index is 12.9. The fourth-order valence-corrected chi connectivity index (χ4v) is 5.07. The van der Waals surface area contributed by atoms with Gasteiger partial charge in [-0.3, -0.25) is 15.0 Å². The van der Waals surface area contributed by atoms with E-state index < -0.39 is 36.0 Å². The molecule has 3 aromatic heterocycles. The number of rotatable bonds is 5. The molecule has 1 aliphatic heterocycles. The van der Waals surface area contributed by atoms with Crippen LogP contribution < -0.4 is 10.7 Å². The highest BCUT2D eigenvalue weighted by Gasteiger charge is 2.52. The van der Waals surface area contributed by atoms with Gasteiger partial charge in [0.1, 0.15) is 5.54 Å². The third kappa shape index (κ3) is 3.79. The Morgan fingerprint density at radius 1 is 1.29 bits per heavy atom. The first-order chi connectivity index (χ1) is 16.4. The fourth-order valence-electron chi connectivity index (χ4n) is 4.39. The van der Waals surface area contributed by atoms with E-state index in [1.165, 1.54) is 11.3 Å². The predicted molar refractivity (Wildman–Crippen MR) is 119 cm³/mol. The third-order valence-corrected chi connectivity index (χ3v) is 6.94. The van der Waals surface area contributed by atoms with E-state index in [0.717, 1.165) is 24.1 Å². The van der Waals surface area contributed by atoms with Crippen LogP contribution in [0.25, 0.3) is 21.7 Å². The monoisotopic (exact) mass is 483 g/mol. The molecule has 5 rings (SSSR count). The van der Waals surface area contributed by atoms with Gasteiger partial charge in [0.05, 0.1) is 27.2 Å². The second-order valence-corrected chi connectivity index (χ2v) is 9.25. The Balaban J connectivity index is 1.29. The number of hydrogen-bond acceptors (Lipinski definition) is 9. The van der Waals surface area contributed by atoms with Crippen molar-refractivity contribution in [1.82, 2.24) is 25.9 Å². The second kappa shape index (κ2) is 8.52. The molecule has 176 valence electrons. The van der Waals surface area contributed by atoms with E-state index in [0.29, 0.717) is 34.6 Å². The molecule has 3 aromatic rings. The molecule has 0 bridgehead atoms. The molecule has 1 saturated carbocycles. The van der Waals surface area contributed by atoms with Crippen molar-refractivity contribution >= 4 is 46.3 Å². The van der Waals surface area contributed by atoms with Crippen molar-refractivity contribution in [1.29, 1.82) is 0 Å². The number of nitrogens with zero attached hydrogens (tertiary/aromatic N) is 3. The lowest BCUT2D eigenvalue weighted by molar-refractivity contribution is -0.140. The minimum absolute atomic E-state index is 0.149. The Hall–Kier alpha value is -3.80. The normalized spacial score (nSPS) is 17.3. The molecule has 11 nitrogen and oxygen atoms in total. The van der Waals surface area contributed by atoms with E-state index in [1.807, 2.05) is 17.5 Å². The topological polar surface area (TPSA) is 144 Å². The first kappa shape index (κ1) is 22.0. The number of urea groups is 1. The van der Waals surface area contributed by atoms with E-state index in [2.05, 4.69) is 20.9 Å². The highest BCUT2D eigenvalue weighted by Crippen LogP contribution is 2.33. The minimum Gasteiger partial charge on any atom is -0.452 e. The zero-order valence-electron chi connectivity index (χ0n) is 18.3. The lowest BCUT2D eigenvalue weighted by Crippen LogP contribution is -2.51. The van der Waals surface area contributed by atoms with Gasteiger partial charge < -0.3 is 14.6 Å². The maximum absolute atomic E-state index is 12.9. The van der Waals surface area contributed by atoms with E-state index in [4.69, 9.17) is 9.26 Å². The van der Waals surface area contributed by atoms with Gasteiger partial charge in [0.15, 0.2) is 6.61 Å². The number of ether oxygens (including phenoxy) is 1. The van der Waals surface area contributed by atoms with Crippen LogP contribution in [-0.2, 0) is 14.3 Å². The Bertz CT molecular complexity index is 1290. The molecule has 2 N–H and O–H groups in total. The number of pyridine rings is 1. The third-order valence-electron chi connectivity index (χ3n) is 6.05. The van der Waals surface area contributed by atoms with Crippen LogP contribution in [0.3, 0.4) is 0 Å². The summed E-state index contributed by atoms with van der Waals surface area (Å²) in [5.74, 6) is -2.09. The van der Waals surface area contributed by atoms with Gasteiger partial charge in [-0.05, 0) is 37.3 Å². The van der Waals surface area contributed by atoms with E-state index in [-0.39, 0.29) is 11.3 Å².